The number of ether oxygens (including phenoxy) is 1. The number of anilines is 1. The van der Waals surface area contributed by atoms with Gasteiger partial charge in [0.2, 0.25) is 0 Å². The number of carbonyl (C=O) groups is 2. The van der Waals surface area contributed by atoms with Gasteiger partial charge in [0.05, 0.1) is 12.6 Å². The highest BCUT2D eigenvalue weighted by molar-refractivity contribution is 6.25. The van der Waals surface area contributed by atoms with E-state index in [1.165, 1.54) is 0 Å². The number of aryl methyl sites for hydroxylation is 1. The van der Waals surface area contributed by atoms with Crippen LogP contribution in [0.25, 0.3) is 0 Å². The first-order valence-electron chi connectivity index (χ1n) is 8.32. The lowest BCUT2D eigenvalue weighted by Crippen LogP contribution is -2.44. The quantitative estimate of drug-likeness (QED) is 0.863. The highest BCUT2D eigenvalue weighted by Crippen LogP contribution is 2.51. The number of rotatable bonds is 3. The van der Waals surface area contributed by atoms with Gasteiger partial charge in [-0.15, -0.1) is 0 Å². The van der Waals surface area contributed by atoms with Gasteiger partial charge in [-0.3, -0.25) is 9.59 Å². The first-order chi connectivity index (χ1) is 12.0. The summed E-state index contributed by atoms with van der Waals surface area (Å²) in [7, 11) is 3.39. The van der Waals surface area contributed by atoms with Crippen LogP contribution >= 0.6 is 0 Å². The molecule has 3 aliphatic rings. The van der Waals surface area contributed by atoms with E-state index in [1.807, 2.05) is 49.4 Å². The third kappa shape index (κ3) is 2.15. The first-order valence-corrected chi connectivity index (χ1v) is 8.32. The number of nitrogens with one attached hydrogen (secondary N) is 1. The van der Waals surface area contributed by atoms with Crippen molar-refractivity contribution in [2.75, 3.05) is 19.5 Å². The summed E-state index contributed by atoms with van der Waals surface area (Å²) in [6, 6.07) is 7.52. The van der Waals surface area contributed by atoms with Crippen molar-refractivity contribution in [3.63, 3.8) is 0 Å². The van der Waals surface area contributed by atoms with Gasteiger partial charge in [-0.05, 0) is 37.1 Å². The van der Waals surface area contributed by atoms with Crippen LogP contribution in [0.2, 0.25) is 0 Å². The molecule has 1 heterocycles. The molecule has 2 aliphatic carbocycles. The third-order valence-corrected chi connectivity index (χ3v) is 5.40. The second-order valence-electron chi connectivity index (χ2n) is 6.82. The fourth-order valence-corrected chi connectivity index (χ4v) is 3.98. The molecule has 0 radical (unpaired) electrons. The van der Waals surface area contributed by atoms with Crippen LogP contribution in [0.4, 0.5) is 5.69 Å². The van der Waals surface area contributed by atoms with Gasteiger partial charge in [-0.25, -0.2) is 0 Å². The monoisotopic (exact) mass is 336 g/mol. The zero-order valence-corrected chi connectivity index (χ0v) is 14.5. The number of nitrogens with zero attached hydrogens (tertiary/aromatic N) is 1. The van der Waals surface area contributed by atoms with E-state index in [1.54, 1.807) is 19.1 Å². The first kappa shape index (κ1) is 15.7. The second-order valence-corrected chi connectivity index (χ2v) is 6.82. The molecule has 0 fully saturated rings. The van der Waals surface area contributed by atoms with Gasteiger partial charge in [0.15, 0.2) is 0 Å². The van der Waals surface area contributed by atoms with E-state index in [0.717, 1.165) is 23.3 Å². The van der Waals surface area contributed by atoms with Crippen molar-refractivity contribution in [1.29, 1.82) is 0 Å². The number of methoxy groups -OCH3 is 1. The maximum absolute atomic E-state index is 12.8. The third-order valence-electron chi connectivity index (χ3n) is 5.40. The Morgan fingerprint density at radius 3 is 2.72 bits per heavy atom. The summed E-state index contributed by atoms with van der Waals surface area (Å²) in [4.78, 5) is 27.3. The summed E-state index contributed by atoms with van der Waals surface area (Å²) in [5.41, 5.74) is 2.19. The minimum Gasteiger partial charge on any atom is -0.501 e. The fraction of sp³-hybridized carbons (Fsp3) is 0.300. The van der Waals surface area contributed by atoms with E-state index in [2.05, 4.69) is 5.32 Å². The van der Waals surface area contributed by atoms with Crippen molar-refractivity contribution in [3.05, 3.63) is 65.0 Å². The molecular formula is C20H20N2O3. The minimum atomic E-state index is -0.568. The molecule has 2 unspecified atom stereocenters. The maximum Gasteiger partial charge on any atom is 0.261 e. The summed E-state index contributed by atoms with van der Waals surface area (Å²) < 4.78 is 5.46. The SMILES string of the molecule is COC1=CC23CC1C=CC2=C(C(=O)Nc1ccc(C)cc1)C(=O)N3C. The number of hydrogen-bond donors (Lipinski definition) is 1. The average molecular weight is 336 g/mol. The van der Waals surface area contributed by atoms with E-state index in [9.17, 15) is 9.59 Å². The van der Waals surface area contributed by atoms with Gasteiger partial charge in [-0.1, -0.05) is 29.8 Å². The van der Waals surface area contributed by atoms with Crippen molar-refractivity contribution in [1.82, 2.24) is 4.90 Å². The lowest BCUT2D eigenvalue weighted by molar-refractivity contribution is -0.128. The molecule has 0 saturated heterocycles. The molecule has 4 rings (SSSR count). The standard InChI is InChI=1S/C20H20N2O3/c1-12-4-7-14(8-5-12)21-18(23)17-15-9-6-13-10-20(15,11-16(13)25-3)22(2)19(17)24/h4-9,11,13H,10H2,1-3H3,(H,21,23). The van der Waals surface area contributed by atoms with E-state index >= 15 is 0 Å². The maximum atomic E-state index is 12.8. The van der Waals surface area contributed by atoms with Crippen molar-refractivity contribution in [2.45, 2.75) is 18.9 Å². The number of fused-ring (bicyclic) bond motifs is 1. The normalized spacial score (nSPS) is 26.7. The highest BCUT2D eigenvalue weighted by Gasteiger charge is 2.55. The van der Waals surface area contributed by atoms with Crippen LogP contribution in [-0.4, -0.2) is 36.4 Å². The van der Waals surface area contributed by atoms with E-state index in [4.69, 9.17) is 4.74 Å². The summed E-state index contributed by atoms with van der Waals surface area (Å²) in [6.45, 7) is 1.98. The van der Waals surface area contributed by atoms with Gasteiger partial charge < -0.3 is 15.0 Å². The Bertz CT molecular complexity index is 863. The van der Waals surface area contributed by atoms with E-state index in [-0.39, 0.29) is 23.3 Å². The number of likely N-dealkylation sites (N-methyl/N-ethyl adjacent to an activating group) is 1. The summed E-state index contributed by atoms with van der Waals surface area (Å²) in [5, 5.41) is 2.85. The molecule has 5 heteroatoms. The largest absolute Gasteiger partial charge is 0.501 e. The Kier molecular flexibility index (Phi) is 3.35. The van der Waals surface area contributed by atoms with Gasteiger partial charge in [-0.2, -0.15) is 0 Å². The number of carbonyl (C=O) groups excluding carboxylic acids is 2. The molecule has 128 valence electrons. The Balaban J connectivity index is 1.74. The van der Waals surface area contributed by atoms with E-state index in [0.29, 0.717) is 5.69 Å². The topological polar surface area (TPSA) is 58.6 Å². The molecule has 1 N–H and O–H groups in total. The summed E-state index contributed by atoms with van der Waals surface area (Å²) >= 11 is 0. The van der Waals surface area contributed by atoms with Gasteiger partial charge in [0.25, 0.3) is 11.8 Å². The van der Waals surface area contributed by atoms with Crippen LogP contribution < -0.4 is 5.32 Å². The average Bonchev–Trinajstić information content (AvgIpc) is 3.02. The predicted molar refractivity (Wildman–Crippen MR) is 94.7 cm³/mol. The van der Waals surface area contributed by atoms with Crippen LogP contribution in [0.1, 0.15) is 12.0 Å². The Morgan fingerprint density at radius 1 is 1.32 bits per heavy atom. The smallest absolute Gasteiger partial charge is 0.261 e. The molecule has 1 aliphatic heterocycles. The lowest BCUT2D eigenvalue weighted by Gasteiger charge is -2.34. The molecule has 1 spiro atoms. The molecule has 1 aromatic carbocycles. The molecule has 0 saturated carbocycles. The Labute approximate surface area is 146 Å². The van der Waals surface area contributed by atoms with Crippen LogP contribution in [0.15, 0.2) is 59.4 Å². The molecule has 1 aromatic rings. The summed E-state index contributed by atoms with van der Waals surface area (Å²) in [5.74, 6) is 0.392. The predicted octanol–water partition coefficient (Wildman–Crippen LogP) is 2.56. The van der Waals surface area contributed by atoms with Crippen molar-refractivity contribution >= 4 is 17.5 Å². The molecular weight excluding hydrogens is 316 g/mol. The number of allylic oxidation sites excluding steroid dienone is 1. The molecule has 25 heavy (non-hydrogen) atoms. The number of hydrogen-bond acceptors (Lipinski definition) is 3. The minimum absolute atomic E-state index is 0.156. The van der Waals surface area contributed by atoms with E-state index < -0.39 is 5.54 Å². The van der Waals surface area contributed by atoms with Crippen LogP contribution in [-0.2, 0) is 14.3 Å². The van der Waals surface area contributed by atoms with Crippen LogP contribution in [0.3, 0.4) is 0 Å². The number of amides is 2. The fourth-order valence-electron chi connectivity index (χ4n) is 3.98. The molecule has 2 bridgehead atoms. The van der Waals surface area contributed by atoms with Crippen molar-refractivity contribution < 1.29 is 14.3 Å². The van der Waals surface area contributed by atoms with Crippen LogP contribution in [0, 0.1) is 12.8 Å². The zero-order chi connectivity index (χ0) is 17.8. The zero-order valence-electron chi connectivity index (χ0n) is 14.5. The lowest BCUT2D eigenvalue weighted by atomic mass is 9.82. The Hall–Kier alpha value is -2.82. The molecule has 5 nitrogen and oxygen atoms in total. The number of benzene rings is 1. The highest BCUT2D eigenvalue weighted by atomic mass is 16.5. The molecule has 2 amide bonds. The summed E-state index contributed by atoms with van der Waals surface area (Å²) in [6.07, 6.45) is 6.63. The van der Waals surface area contributed by atoms with Crippen LogP contribution in [0.5, 0.6) is 0 Å². The van der Waals surface area contributed by atoms with Gasteiger partial charge >= 0.3 is 0 Å². The van der Waals surface area contributed by atoms with Crippen molar-refractivity contribution in [2.24, 2.45) is 5.92 Å². The second kappa shape index (κ2) is 5.34. The van der Waals surface area contributed by atoms with Gasteiger partial charge in [0, 0.05) is 18.7 Å². The molecule has 0 aromatic heterocycles. The van der Waals surface area contributed by atoms with Gasteiger partial charge in [0.1, 0.15) is 11.3 Å². The molecule has 2 atom stereocenters. The Morgan fingerprint density at radius 2 is 2.04 bits per heavy atom. The van der Waals surface area contributed by atoms with Crippen molar-refractivity contribution in [3.8, 4) is 0 Å².